The fraction of sp³-hybridized carbons (Fsp3) is 0.905. The van der Waals surface area contributed by atoms with Crippen LogP contribution in [-0.2, 0) is 18.9 Å². The van der Waals surface area contributed by atoms with E-state index >= 15 is 0 Å². The van der Waals surface area contributed by atoms with Gasteiger partial charge in [-0.1, -0.05) is 13.8 Å². The predicted molar refractivity (Wildman–Crippen MR) is 123 cm³/mol. The van der Waals surface area contributed by atoms with Crippen molar-refractivity contribution in [2.75, 3.05) is 26.9 Å². The SMILES string of the molecule is CO[C@H](O)/C(N)=C(/O)[C@@H](CCO)O[C@@H]1OC(CO)[C@@H](O[C@H](O)C(N)C(O)[C@H](C)C(C)CO)C(O)C1N. The van der Waals surface area contributed by atoms with Crippen molar-refractivity contribution in [3.63, 3.8) is 0 Å². The highest BCUT2D eigenvalue weighted by Gasteiger charge is 2.47. The van der Waals surface area contributed by atoms with Gasteiger partial charge in [0.05, 0.1) is 24.8 Å². The van der Waals surface area contributed by atoms with Crippen molar-refractivity contribution < 1.29 is 59.8 Å². The smallest absolute Gasteiger partial charge is 0.199 e. The summed E-state index contributed by atoms with van der Waals surface area (Å²) < 4.78 is 21.2. The molecule has 15 heteroatoms. The van der Waals surface area contributed by atoms with E-state index in [2.05, 4.69) is 4.74 Å². The van der Waals surface area contributed by atoms with Crippen LogP contribution in [0, 0.1) is 11.8 Å². The molecule has 0 aromatic heterocycles. The molecular weight excluding hydrogens is 486 g/mol. The minimum Gasteiger partial charge on any atom is -0.508 e. The molecule has 1 fully saturated rings. The second-order valence-electron chi connectivity index (χ2n) is 8.94. The largest absolute Gasteiger partial charge is 0.508 e. The van der Waals surface area contributed by atoms with Gasteiger partial charge in [-0.25, -0.2) is 0 Å². The number of rotatable bonds is 15. The molecule has 0 aliphatic carbocycles. The Labute approximate surface area is 209 Å². The molecule has 1 heterocycles. The van der Waals surface area contributed by atoms with Gasteiger partial charge in [-0.05, 0) is 11.8 Å². The lowest BCUT2D eigenvalue weighted by Gasteiger charge is -2.44. The minimum atomic E-state index is -1.81. The van der Waals surface area contributed by atoms with Gasteiger partial charge >= 0.3 is 0 Å². The molecule has 36 heavy (non-hydrogen) atoms. The van der Waals surface area contributed by atoms with Crippen molar-refractivity contribution in [2.24, 2.45) is 29.0 Å². The highest BCUT2D eigenvalue weighted by molar-refractivity contribution is 5.11. The van der Waals surface area contributed by atoms with Crippen LogP contribution in [0.4, 0.5) is 0 Å². The number of nitrogens with two attached hydrogens (primary N) is 3. The van der Waals surface area contributed by atoms with Crippen LogP contribution in [0.2, 0.25) is 0 Å². The second-order valence-corrected chi connectivity index (χ2v) is 8.94. The maximum Gasteiger partial charge on any atom is 0.199 e. The lowest BCUT2D eigenvalue weighted by atomic mass is 9.87. The average Bonchev–Trinajstić information content (AvgIpc) is 2.88. The number of aliphatic hydroxyl groups excluding tert-OH is 8. The standard InChI is InChI=1S/C21H43N3O12/c1-8(6-26)9(2)15(28)12(22)20(32)36-18-11(7-27)35-21(14(24)17(18)30)34-10(4-5-25)16(29)13(23)19(31)33-3/h8-12,14-15,17-21,25-32H,4-7,22-24H2,1-3H3/b16-13-/t8?,9-,10-,11?,12?,14?,15?,17?,18-,19+,20+,21-/m1/s1. The fourth-order valence-corrected chi connectivity index (χ4v) is 3.64. The van der Waals surface area contributed by atoms with Crippen molar-refractivity contribution in [1.29, 1.82) is 0 Å². The Kier molecular flexibility index (Phi) is 13.9. The number of hydrogen-bond donors (Lipinski definition) is 11. The van der Waals surface area contributed by atoms with Crippen molar-refractivity contribution in [3.05, 3.63) is 11.5 Å². The van der Waals surface area contributed by atoms with Crippen molar-refractivity contribution in [2.45, 2.75) is 81.7 Å². The fourth-order valence-electron chi connectivity index (χ4n) is 3.64. The van der Waals surface area contributed by atoms with Crippen LogP contribution in [0.3, 0.4) is 0 Å². The highest BCUT2D eigenvalue weighted by Crippen LogP contribution is 2.28. The Balaban J connectivity index is 3.00. The van der Waals surface area contributed by atoms with Gasteiger partial charge in [0.2, 0.25) is 0 Å². The van der Waals surface area contributed by atoms with E-state index in [9.17, 15) is 40.9 Å². The molecule has 214 valence electrons. The van der Waals surface area contributed by atoms with Gasteiger partial charge in [-0.3, -0.25) is 0 Å². The molecule has 14 N–H and O–H groups in total. The molecule has 1 aliphatic rings. The molecule has 0 bridgehead atoms. The van der Waals surface area contributed by atoms with E-state index in [1.165, 1.54) is 0 Å². The van der Waals surface area contributed by atoms with E-state index in [0.717, 1.165) is 7.11 Å². The molecule has 15 nitrogen and oxygen atoms in total. The number of hydrogen-bond acceptors (Lipinski definition) is 15. The Morgan fingerprint density at radius 3 is 2.19 bits per heavy atom. The summed E-state index contributed by atoms with van der Waals surface area (Å²) in [6.45, 7) is 1.93. The summed E-state index contributed by atoms with van der Waals surface area (Å²) in [5.41, 5.74) is 17.1. The maximum atomic E-state index is 10.8. The molecule has 0 spiro atoms. The van der Waals surface area contributed by atoms with Gasteiger partial charge in [0, 0.05) is 26.7 Å². The average molecular weight is 530 g/mol. The van der Waals surface area contributed by atoms with Gasteiger partial charge in [-0.2, -0.15) is 0 Å². The normalized spacial score (nSPS) is 31.6. The Morgan fingerprint density at radius 2 is 1.69 bits per heavy atom. The Hall–Kier alpha value is -1.18. The van der Waals surface area contributed by atoms with Crippen molar-refractivity contribution in [3.8, 4) is 0 Å². The lowest BCUT2D eigenvalue weighted by Crippen LogP contribution is -2.65. The maximum absolute atomic E-state index is 10.8. The number of ether oxygens (including phenoxy) is 4. The third kappa shape index (κ3) is 8.16. The number of aliphatic hydroxyl groups is 8. The molecule has 0 amide bonds. The van der Waals surface area contributed by atoms with E-state index < -0.39 is 92.1 Å². The highest BCUT2D eigenvalue weighted by atomic mass is 16.7. The van der Waals surface area contributed by atoms with Gasteiger partial charge < -0.3 is 77.0 Å². The van der Waals surface area contributed by atoms with Crippen LogP contribution in [0.15, 0.2) is 11.5 Å². The zero-order valence-corrected chi connectivity index (χ0v) is 20.7. The van der Waals surface area contributed by atoms with Crippen LogP contribution >= 0.6 is 0 Å². The molecule has 6 unspecified atom stereocenters. The van der Waals surface area contributed by atoms with Crippen LogP contribution in [0.25, 0.3) is 0 Å². The monoisotopic (exact) mass is 529 g/mol. The summed E-state index contributed by atoms with van der Waals surface area (Å²) in [7, 11) is 1.14. The quantitative estimate of drug-likeness (QED) is 0.0704. The first-order chi connectivity index (χ1) is 16.9. The Morgan fingerprint density at radius 1 is 1.08 bits per heavy atom. The van der Waals surface area contributed by atoms with E-state index in [1.807, 2.05) is 0 Å². The molecule has 1 rings (SSSR count). The topological polar surface area (TPSA) is 277 Å². The Bertz CT molecular complexity index is 672. The van der Waals surface area contributed by atoms with E-state index in [-0.39, 0.29) is 18.9 Å². The van der Waals surface area contributed by atoms with E-state index in [0.29, 0.717) is 0 Å². The third-order valence-electron chi connectivity index (χ3n) is 6.42. The van der Waals surface area contributed by atoms with Crippen molar-refractivity contribution in [1.82, 2.24) is 0 Å². The summed E-state index contributed by atoms with van der Waals surface area (Å²) in [6, 6.07) is -2.68. The minimum absolute atomic E-state index is 0.203. The molecule has 0 radical (unpaired) electrons. The summed E-state index contributed by atoms with van der Waals surface area (Å²) in [5.74, 6) is -1.49. The van der Waals surface area contributed by atoms with Gasteiger partial charge in [0.15, 0.2) is 18.9 Å². The van der Waals surface area contributed by atoms with Gasteiger partial charge in [-0.15, -0.1) is 0 Å². The molecule has 0 aromatic rings. The van der Waals surface area contributed by atoms with Gasteiger partial charge in [0.25, 0.3) is 0 Å². The van der Waals surface area contributed by atoms with Crippen LogP contribution in [0.1, 0.15) is 20.3 Å². The molecular formula is C21H43N3O12. The molecule has 0 saturated carbocycles. The third-order valence-corrected chi connectivity index (χ3v) is 6.42. The van der Waals surface area contributed by atoms with E-state index in [1.54, 1.807) is 13.8 Å². The predicted octanol–water partition coefficient (Wildman–Crippen LogP) is -4.49. The van der Waals surface area contributed by atoms with Crippen molar-refractivity contribution >= 4 is 0 Å². The summed E-state index contributed by atoms with van der Waals surface area (Å²) >= 11 is 0. The second kappa shape index (κ2) is 15.3. The van der Waals surface area contributed by atoms with E-state index in [4.69, 9.17) is 31.4 Å². The zero-order chi connectivity index (χ0) is 27.7. The first kappa shape index (κ1) is 32.8. The zero-order valence-electron chi connectivity index (χ0n) is 20.7. The first-order valence-electron chi connectivity index (χ1n) is 11.6. The molecule has 12 atom stereocenters. The molecule has 1 saturated heterocycles. The molecule has 0 aromatic carbocycles. The van der Waals surface area contributed by atoms with Gasteiger partial charge in [0.1, 0.15) is 35.9 Å². The van der Waals surface area contributed by atoms with Crippen LogP contribution in [0.5, 0.6) is 0 Å². The summed E-state index contributed by atoms with van der Waals surface area (Å²) in [5, 5.41) is 80.1. The number of methoxy groups -OCH3 is 1. The molecule has 1 aliphatic heterocycles. The first-order valence-corrected chi connectivity index (χ1v) is 11.6. The van der Waals surface area contributed by atoms with Crippen LogP contribution in [-0.4, -0.2) is 129 Å². The summed E-state index contributed by atoms with van der Waals surface area (Å²) in [6.07, 6.45) is -12.0. The van der Waals surface area contributed by atoms with Crippen LogP contribution < -0.4 is 17.2 Å². The summed E-state index contributed by atoms with van der Waals surface area (Å²) in [4.78, 5) is 0. The lowest BCUT2D eigenvalue weighted by molar-refractivity contribution is -0.306.